The standard InChI is InChI=1S/C20H15ClN2O2S/c21-17-4-2-1-3-16(17)18-11-9-15(26-18)10-12-19(24)23-14-7-5-13(6-8-14)20(22)25/h1-12H,(H2,22,25)(H,23,24)/b12-10+. The van der Waals surface area contributed by atoms with Crippen molar-refractivity contribution < 1.29 is 9.59 Å². The molecule has 1 heterocycles. The third-order valence-electron chi connectivity index (χ3n) is 3.60. The fourth-order valence-corrected chi connectivity index (χ4v) is 3.55. The molecule has 0 spiro atoms. The molecule has 3 aromatic rings. The van der Waals surface area contributed by atoms with Gasteiger partial charge in [-0.05, 0) is 48.5 Å². The number of primary amides is 1. The molecule has 0 aliphatic carbocycles. The lowest BCUT2D eigenvalue weighted by atomic mass is 10.2. The first-order chi connectivity index (χ1) is 12.5. The summed E-state index contributed by atoms with van der Waals surface area (Å²) in [6.07, 6.45) is 3.21. The number of amides is 2. The molecule has 0 unspecified atom stereocenters. The minimum atomic E-state index is -0.505. The summed E-state index contributed by atoms with van der Waals surface area (Å²) >= 11 is 7.76. The molecule has 0 aliphatic heterocycles. The van der Waals surface area contributed by atoms with E-state index in [0.29, 0.717) is 16.3 Å². The second-order valence-electron chi connectivity index (χ2n) is 5.45. The maximum Gasteiger partial charge on any atom is 0.248 e. The van der Waals surface area contributed by atoms with Crippen molar-refractivity contribution in [1.82, 2.24) is 0 Å². The molecule has 0 atom stereocenters. The van der Waals surface area contributed by atoms with Crippen molar-refractivity contribution >= 4 is 46.5 Å². The summed E-state index contributed by atoms with van der Waals surface area (Å²) in [5, 5.41) is 3.43. The molecular formula is C20H15ClN2O2S. The third-order valence-corrected chi connectivity index (χ3v) is 5.02. The highest BCUT2D eigenvalue weighted by molar-refractivity contribution is 7.16. The second kappa shape index (κ2) is 7.99. The van der Waals surface area contributed by atoms with E-state index in [4.69, 9.17) is 17.3 Å². The average Bonchev–Trinajstić information content (AvgIpc) is 3.09. The molecule has 2 aromatic carbocycles. The molecule has 1 aromatic heterocycles. The first kappa shape index (κ1) is 17.9. The van der Waals surface area contributed by atoms with Crippen LogP contribution in [0.1, 0.15) is 15.2 Å². The number of halogens is 1. The van der Waals surface area contributed by atoms with Crippen molar-refractivity contribution in [3.63, 3.8) is 0 Å². The Labute approximate surface area is 159 Å². The largest absolute Gasteiger partial charge is 0.366 e. The summed E-state index contributed by atoms with van der Waals surface area (Å²) in [6.45, 7) is 0. The third kappa shape index (κ3) is 4.39. The van der Waals surface area contributed by atoms with Crippen LogP contribution in [0.5, 0.6) is 0 Å². The van der Waals surface area contributed by atoms with Crippen LogP contribution >= 0.6 is 22.9 Å². The van der Waals surface area contributed by atoms with E-state index in [1.165, 1.54) is 6.08 Å². The molecule has 6 heteroatoms. The van der Waals surface area contributed by atoms with Crippen molar-refractivity contribution in [2.45, 2.75) is 0 Å². The number of benzene rings is 2. The van der Waals surface area contributed by atoms with E-state index in [9.17, 15) is 9.59 Å². The van der Waals surface area contributed by atoms with E-state index in [1.54, 1.807) is 41.7 Å². The van der Waals surface area contributed by atoms with Crippen LogP contribution in [0.3, 0.4) is 0 Å². The minimum Gasteiger partial charge on any atom is -0.366 e. The molecule has 3 rings (SSSR count). The van der Waals surface area contributed by atoms with Crippen molar-refractivity contribution in [2.24, 2.45) is 5.73 Å². The number of anilines is 1. The predicted molar refractivity (Wildman–Crippen MR) is 107 cm³/mol. The highest BCUT2D eigenvalue weighted by atomic mass is 35.5. The SMILES string of the molecule is NC(=O)c1ccc(NC(=O)/C=C/c2ccc(-c3ccccc3Cl)s2)cc1. The van der Waals surface area contributed by atoms with Gasteiger partial charge in [0.15, 0.2) is 0 Å². The Kier molecular flexibility index (Phi) is 5.51. The number of hydrogen-bond donors (Lipinski definition) is 2. The number of nitrogens with two attached hydrogens (primary N) is 1. The molecule has 130 valence electrons. The maximum absolute atomic E-state index is 12.0. The van der Waals surface area contributed by atoms with E-state index < -0.39 is 5.91 Å². The van der Waals surface area contributed by atoms with Gasteiger partial charge in [0.25, 0.3) is 0 Å². The Morgan fingerprint density at radius 1 is 1.00 bits per heavy atom. The molecule has 4 nitrogen and oxygen atoms in total. The minimum absolute atomic E-state index is 0.260. The zero-order chi connectivity index (χ0) is 18.5. The zero-order valence-corrected chi connectivity index (χ0v) is 15.2. The summed E-state index contributed by atoms with van der Waals surface area (Å²) in [7, 11) is 0. The quantitative estimate of drug-likeness (QED) is 0.621. The van der Waals surface area contributed by atoms with Crippen molar-refractivity contribution in [2.75, 3.05) is 5.32 Å². The van der Waals surface area contributed by atoms with Crippen LogP contribution in [0.25, 0.3) is 16.5 Å². The molecule has 3 N–H and O–H groups in total. The van der Waals surface area contributed by atoms with Crippen LogP contribution < -0.4 is 11.1 Å². The summed E-state index contributed by atoms with van der Waals surface area (Å²) in [5.74, 6) is -0.765. The van der Waals surface area contributed by atoms with Crippen molar-refractivity contribution in [3.8, 4) is 10.4 Å². The van der Waals surface area contributed by atoms with Crippen LogP contribution in [-0.2, 0) is 4.79 Å². The van der Waals surface area contributed by atoms with Gasteiger partial charge in [-0.15, -0.1) is 11.3 Å². The van der Waals surface area contributed by atoms with Gasteiger partial charge >= 0.3 is 0 Å². The average molecular weight is 383 g/mol. The summed E-state index contributed by atoms with van der Waals surface area (Å²) in [5.41, 5.74) is 7.14. The van der Waals surface area contributed by atoms with Crippen molar-refractivity contribution in [3.05, 3.63) is 82.2 Å². The van der Waals surface area contributed by atoms with E-state index in [1.807, 2.05) is 36.4 Å². The zero-order valence-electron chi connectivity index (χ0n) is 13.6. The van der Waals surface area contributed by atoms with Gasteiger partial charge in [0.05, 0.1) is 0 Å². The maximum atomic E-state index is 12.0. The fraction of sp³-hybridized carbons (Fsp3) is 0. The predicted octanol–water partition coefficient (Wildman–Crippen LogP) is 4.82. The molecule has 0 radical (unpaired) electrons. The summed E-state index contributed by atoms with van der Waals surface area (Å²) in [4.78, 5) is 25.0. The summed E-state index contributed by atoms with van der Waals surface area (Å²) in [6, 6.07) is 18.0. The first-order valence-corrected chi connectivity index (χ1v) is 8.96. The molecular weight excluding hydrogens is 368 g/mol. The summed E-state index contributed by atoms with van der Waals surface area (Å²) < 4.78 is 0. The van der Waals surface area contributed by atoms with Gasteiger partial charge in [0, 0.05) is 37.7 Å². The molecule has 0 saturated heterocycles. The van der Waals surface area contributed by atoms with Crippen molar-refractivity contribution in [1.29, 1.82) is 0 Å². The number of thiophene rings is 1. The van der Waals surface area contributed by atoms with Gasteiger partial charge < -0.3 is 11.1 Å². The monoisotopic (exact) mass is 382 g/mol. The molecule has 2 amide bonds. The molecule has 0 aliphatic rings. The fourth-order valence-electron chi connectivity index (χ4n) is 2.31. The normalized spacial score (nSPS) is 10.8. The second-order valence-corrected chi connectivity index (χ2v) is 6.97. The van der Waals surface area contributed by atoms with Gasteiger partial charge in [-0.2, -0.15) is 0 Å². The van der Waals surface area contributed by atoms with Gasteiger partial charge in [0.1, 0.15) is 0 Å². The highest BCUT2D eigenvalue weighted by Crippen LogP contribution is 2.33. The van der Waals surface area contributed by atoms with E-state index >= 15 is 0 Å². The molecule has 0 fully saturated rings. The van der Waals surface area contributed by atoms with Crippen LogP contribution in [0.2, 0.25) is 5.02 Å². The van der Waals surface area contributed by atoms with Crippen LogP contribution in [-0.4, -0.2) is 11.8 Å². The lowest BCUT2D eigenvalue weighted by Gasteiger charge is -2.02. The van der Waals surface area contributed by atoms with Crippen LogP contribution in [0.15, 0.2) is 66.7 Å². The molecule has 26 heavy (non-hydrogen) atoms. The topological polar surface area (TPSA) is 72.2 Å². The number of rotatable bonds is 5. The lowest BCUT2D eigenvalue weighted by molar-refractivity contribution is -0.111. The number of carbonyl (C=O) groups excluding carboxylic acids is 2. The Balaban J connectivity index is 1.65. The lowest BCUT2D eigenvalue weighted by Crippen LogP contribution is -2.11. The van der Waals surface area contributed by atoms with E-state index in [2.05, 4.69) is 5.32 Å². The molecule has 0 saturated carbocycles. The van der Waals surface area contributed by atoms with Gasteiger partial charge in [-0.1, -0.05) is 29.8 Å². The van der Waals surface area contributed by atoms with Gasteiger partial charge in [-0.25, -0.2) is 0 Å². The number of hydrogen-bond acceptors (Lipinski definition) is 3. The number of nitrogens with one attached hydrogen (secondary N) is 1. The Bertz CT molecular complexity index is 977. The van der Waals surface area contributed by atoms with Crippen LogP contribution in [0.4, 0.5) is 5.69 Å². The number of carbonyl (C=O) groups is 2. The first-order valence-electron chi connectivity index (χ1n) is 7.76. The Morgan fingerprint density at radius 3 is 2.42 bits per heavy atom. The van der Waals surface area contributed by atoms with Gasteiger partial charge in [-0.3, -0.25) is 9.59 Å². The van der Waals surface area contributed by atoms with E-state index in [0.717, 1.165) is 15.3 Å². The smallest absolute Gasteiger partial charge is 0.248 e. The van der Waals surface area contributed by atoms with Crippen LogP contribution in [0, 0.1) is 0 Å². The van der Waals surface area contributed by atoms with E-state index in [-0.39, 0.29) is 5.91 Å². The highest BCUT2D eigenvalue weighted by Gasteiger charge is 2.06. The Hall–Kier alpha value is -2.89. The molecule has 0 bridgehead atoms. The van der Waals surface area contributed by atoms with Gasteiger partial charge in [0.2, 0.25) is 11.8 Å². The Morgan fingerprint density at radius 2 is 1.73 bits per heavy atom.